The van der Waals surface area contributed by atoms with Gasteiger partial charge in [-0.1, -0.05) is 103 Å². The smallest absolute Gasteiger partial charge is 0.00301 e. The second-order valence-electron chi connectivity index (χ2n) is 4.57. The molecule has 0 fully saturated rings. The predicted molar refractivity (Wildman–Crippen MR) is 116 cm³/mol. The zero-order valence-corrected chi connectivity index (χ0v) is 16.6. The normalized spacial score (nSPS) is 11.5. The SMILES string of the molecule is C=Cc1ccc2c3c(cc/c(=C/C)c13)=CCC=C2.CC.CC.CC. The van der Waals surface area contributed by atoms with Crippen LogP contribution in [0.2, 0.25) is 0 Å². The summed E-state index contributed by atoms with van der Waals surface area (Å²) in [6, 6.07) is 8.78. The summed E-state index contributed by atoms with van der Waals surface area (Å²) in [7, 11) is 0. The van der Waals surface area contributed by atoms with Crippen molar-refractivity contribution in [3.8, 4) is 0 Å². The summed E-state index contributed by atoms with van der Waals surface area (Å²) in [5, 5.41) is 5.30. The first-order valence-electron chi connectivity index (χ1n) is 9.36. The second-order valence-corrected chi connectivity index (χ2v) is 4.57. The van der Waals surface area contributed by atoms with E-state index in [4.69, 9.17) is 0 Å². The monoisotopic (exact) mass is 322 g/mol. The van der Waals surface area contributed by atoms with Crippen molar-refractivity contribution in [2.75, 3.05) is 0 Å². The fourth-order valence-electron chi connectivity index (χ4n) is 2.71. The van der Waals surface area contributed by atoms with Gasteiger partial charge in [-0.2, -0.15) is 0 Å². The highest BCUT2D eigenvalue weighted by atomic mass is 14.1. The quantitative estimate of drug-likeness (QED) is 0.558. The van der Waals surface area contributed by atoms with Gasteiger partial charge in [0.05, 0.1) is 0 Å². The lowest BCUT2D eigenvalue weighted by molar-refractivity contribution is 1.50. The maximum absolute atomic E-state index is 3.94. The summed E-state index contributed by atoms with van der Waals surface area (Å²) in [5.74, 6) is 0. The highest BCUT2D eigenvalue weighted by molar-refractivity contribution is 5.98. The van der Waals surface area contributed by atoms with E-state index < -0.39 is 0 Å². The molecule has 0 nitrogen and oxygen atoms in total. The summed E-state index contributed by atoms with van der Waals surface area (Å²) >= 11 is 0. The standard InChI is InChI=1S/C18H16.3C2H6/c1-3-13-9-11-15-7-5-6-8-16-12-10-14(4-2)17(13)18(15)16;3*1-2/h3-5,7-12H,1,6H2,2H3;3*1-2H3/b14-4-;;;. The van der Waals surface area contributed by atoms with Gasteiger partial charge in [-0.3, -0.25) is 0 Å². The van der Waals surface area contributed by atoms with Crippen LogP contribution in [0.25, 0.3) is 35.1 Å². The Hall–Kier alpha value is -2.08. The van der Waals surface area contributed by atoms with E-state index in [0.29, 0.717) is 0 Å². The Balaban J connectivity index is 0.000000798. The van der Waals surface area contributed by atoms with E-state index in [1.165, 1.54) is 32.3 Å². The average Bonchev–Trinajstić information content (AvgIpc) is 2.90. The minimum atomic E-state index is 1.00. The molecule has 1 aliphatic carbocycles. The molecule has 0 saturated heterocycles. The van der Waals surface area contributed by atoms with Crippen molar-refractivity contribution in [3.63, 3.8) is 0 Å². The van der Waals surface area contributed by atoms with E-state index in [0.717, 1.165) is 6.42 Å². The lowest BCUT2D eigenvalue weighted by Crippen LogP contribution is -2.12. The molecule has 130 valence electrons. The van der Waals surface area contributed by atoms with Crippen molar-refractivity contribution in [2.45, 2.75) is 54.9 Å². The van der Waals surface area contributed by atoms with Gasteiger partial charge in [-0.15, -0.1) is 0 Å². The number of rotatable bonds is 1. The van der Waals surface area contributed by atoms with Crippen LogP contribution >= 0.6 is 0 Å². The number of hydrogen-bond donors (Lipinski definition) is 0. The molecule has 3 rings (SSSR count). The van der Waals surface area contributed by atoms with E-state index in [9.17, 15) is 0 Å². The number of benzene rings is 2. The van der Waals surface area contributed by atoms with Crippen LogP contribution in [0.1, 0.15) is 66.0 Å². The molecule has 0 amide bonds. The molecule has 0 heterocycles. The molecule has 0 atom stereocenters. The maximum atomic E-state index is 3.94. The third-order valence-corrected chi connectivity index (χ3v) is 3.59. The van der Waals surface area contributed by atoms with Gasteiger partial charge in [0.25, 0.3) is 0 Å². The van der Waals surface area contributed by atoms with Gasteiger partial charge < -0.3 is 0 Å². The second kappa shape index (κ2) is 12.4. The third-order valence-electron chi connectivity index (χ3n) is 3.59. The topological polar surface area (TPSA) is 0 Å². The first-order chi connectivity index (χ1) is 11.8. The molecule has 0 unspecified atom stereocenters. The summed E-state index contributed by atoms with van der Waals surface area (Å²) in [4.78, 5) is 0. The highest BCUT2D eigenvalue weighted by Gasteiger charge is 2.06. The molecule has 0 bridgehead atoms. The molecule has 0 radical (unpaired) electrons. The van der Waals surface area contributed by atoms with Gasteiger partial charge in [0, 0.05) is 0 Å². The Kier molecular flexibility index (Phi) is 11.3. The molecule has 0 spiro atoms. The Morgan fingerprint density at radius 2 is 1.54 bits per heavy atom. The van der Waals surface area contributed by atoms with Crippen molar-refractivity contribution in [3.05, 3.63) is 58.5 Å². The van der Waals surface area contributed by atoms with Gasteiger partial charge in [-0.05, 0) is 45.7 Å². The molecule has 1 aliphatic rings. The minimum Gasteiger partial charge on any atom is -0.0984 e. The van der Waals surface area contributed by atoms with Crippen molar-refractivity contribution in [2.24, 2.45) is 0 Å². The number of hydrogen-bond acceptors (Lipinski definition) is 0. The van der Waals surface area contributed by atoms with E-state index in [1.807, 2.05) is 47.6 Å². The lowest BCUT2D eigenvalue weighted by atomic mass is 9.96. The molecule has 0 saturated carbocycles. The Morgan fingerprint density at radius 3 is 2.12 bits per heavy atom. The Labute approximate surface area is 148 Å². The van der Waals surface area contributed by atoms with E-state index in [-0.39, 0.29) is 0 Å². The minimum absolute atomic E-state index is 1.00. The van der Waals surface area contributed by atoms with Crippen LogP contribution in [0, 0.1) is 0 Å². The van der Waals surface area contributed by atoms with E-state index in [1.54, 1.807) is 0 Å². The first-order valence-corrected chi connectivity index (χ1v) is 9.36. The third kappa shape index (κ3) is 4.71. The molecule has 24 heavy (non-hydrogen) atoms. The molecule has 2 aromatic carbocycles. The first kappa shape index (κ1) is 21.9. The largest absolute Gasteiger partial charge is 0.0984 e. The van der Waals surface area contributed by atoms with Crippen molar-refractivity contribution < 1.29 is 0 Å². The molecule has 2 aromatic rings. The van der Waals surface area contributed by atoms with Gasteiger partial charge in [0.15, 0.2) is 0 Å². The highest BCUT2D eigenvalue weighted by Crippen LogP contribution is 2.21. The molecule has 0 aromatic heterocycles. The fourth-order valence-corrected chi connectivity index (χ4v) is 2.71. The molecular weight excluding hydrogens is 288 g/mol. The molecule has 0 heteroatoms. The van der Waals surface area contributed by atoms with E-state index >= 15 is 0 Å². The summed E-state index contributed by atoms with van der Waals surface area (Å²) in [6.45, 7) is 18.0. The Morgan fingerprint density at radius 1 is 0.875 bits per heavy atom. The van der Waals surface area contributed by atoms with Crippen molar-refractivity contribution >= 4 is 35.1 Å². The van der Waals surface area contributed by atoms with Gasteiger partial charge in [0.1, 0.15) is 0 Å². The fraction of sp³-hybridized carbons (Fsp3) is 0.333. The van der Waals surface area contributed by atoms with Crippen LogP contribution < -0.4 is 10.4 Å². The van der Waals surface area contributed by atoms with E-state index in [2.05, 4.69) is 62.1 Å². The molecule has 0 aliphatic heterocycles. The van der Waals surface area contributed by atoms with Gasteiger partial charge in [-0.25, -0.2) is 0 Å². The van der Waals surface area contributed by atoms with Crippen molar-refractivity contribution in [1.29, 1.82) is 0 Å². The molecule has 0 N–H and O–H groups in total. The van der Waals surface area contributed by atoms with Crippen LogP contribution in [0.4, 0.5) is 0 Å². The summed E-state index contributed by atoms with van der Waals surface area (Å²) in [6.07, 6.45) is 11.9. The van der Waals surface area contributed by atoms with Gasteiger partial charge >= 0.3 is 0 Å². The Bertz CT molecular complexity index is 774. The lowest BCUT2D eigenvalue weighted by Gasteiger charge is -2.08. The van der Waals surface area contributed by atoms with Crippen LogP contribution in [-0.2, 0) is 0 Å². The average molecular weight is 323 g/mol. The predicted octanol–water partition coefficient (Wildman–Crippen LogP) is 6.56. The maximum Gasteiger partial charge on any atom is -0.00301 e. The van der Waals surface area contributed by atoms with Gasteiger partial charge in [0.2, 0.25) is 0 Å². The van der Waals surface area contributed by atoms with Crippen LogP contribution in [0.5, 0.6) is 0 Å². The molecular formula is C24H34. The zero-order valence-electron chi connectivity index (χ0n) is 16.6. The van der Waals surface area contributed by atoms with Crippen molar-refractivity contribution in [1.82, 2.24) is 0 Å². The van der Waals surface area contributed by atoms with Crippen LogP contribution in [0.3, 0.4) is 0 Å². The van der Waals surface area contributed by atoms with Crippen LogP contribution in [-0.4, -0.2) is 0 Å². The number of allylic oxidation sites excluding steroid dienone is 1. The van der Waals surface area contributed by atoms with Crippen LogP contribution in [0.15, 0.2) is 36.9 Å². The summed E-state index contributed by atoms with van der Waals surface area (Å²) < 4.78 is 0. The zero-order chi connectivity index (χ0) is 18.5. The summed E-state index contributed by atoms with van der Waals surface area (Å²) in [5.41, 5.74) is 2.52.